The molecular formula is C16H15O5S. The van der Waals surface area contributed by atoms with Crippen LogP contribution < -0.4 is 4.74 Å². The lowest BCUT2D eigenvalue weighted by Gasteiger charge is -2.12. The molecule has 0 amide bonds. The number of carbonyl (C=O) groups is 1. The van der Waals surface area contributed by atoms with Crippen LogP contribution in [0.5, 0.6) is 5.75 Å². The molecule has 0 aliphatic rings. The van der Waals surface area contributed by atoms with Gasteiger partial charge in [0.2, 0.25) is 0 Å². The smallest absolute Gasteiger partial charge is 0.341 e. The molecular weight excluding hydrogens is 304 g/mol. The maximum atomic E-state index is 12.1. The van der Waals surface area contributed by atoms with Gasteiger partial charge in [-0.3, -0.25) is 4.18 Å². The summed E-state index contributed by atoms with van der Waals surface area (Å²) in [5.74, 6) is -0.492. The fourth-order valence-electron chi connectivity index (χ4n) is 1.63. The van der Waals surface area contributed by atoms with Gasteiger partial charge in [-0.2, -0.15) is 8.42 Å². The molecule has 0 unspecified atom stereocenters. The predicted molar refractivity (Wildman–Crippen MR) is 79.8 cm³/mol. The van der Waals surface area contributed by atoms with Gasteiger partial charge in [0.05, 0.1) is 4.90 Å². The lowest BCUT2D eigenvalue weighted by atomic mass is 10.2. The molecule has 6 heteroatoms. The van der Waals surface area contributed by atoms with Crippen molar-refractivity contribution in [2.45, 2.75) is 24.8 Å². The minimum atomic E-state index is -4.02. The van der Waals surface area contributed by atoms with E-state index in [9.17, 15) is 13.2 Å². The molecule has 0 aliphatic heterocycles. The molecule has 0 bridgehead atoms. The van der Waals surface area contributed by atoms with E-state index in [0.717, 1.165) is 5.56 Å². The van der Waals surface area contributed by atoms with Crippen molar-refractivity contribution in [1.82, 2.24) is 0 Å². The maximum Gasteiger partial charge on any atom is 0.341 e. The fraction of sp³-hybridized carbons (Fsp3) is 0.188. The van der Waals surface area contributed by atoms with E-state index < -0.39 is 22.2 Å². The molecule has 0 aliphatic carbocycles. The van der Waals surface area contributed by atoms with E-state index in [1.54, 1.807) is 36.4 Å². The van der Waals surface area contributed by atoms with Gasteiger partial charge in [0.25, 0.3) is 10.1 Å². The van der Waals surface area contributed by atoms with E-state index in [-0.39, 0.29) is 4.90 Å². The van der Waals surface area contributed by atoms with Crippen LogP contribution in [-0.4, -0.2) is 20.5 Å². The molecule has 0 N–H and O–H groups in total. The van der Waals surface area contributed by atoms with Gasteiger partial charge >= 0.3 is 5.97 Å². The first-order valence-corrected chi connectivity index (χ1v) is 7.97. The Morgan fingerprint density at radius 1 is 1.09 bits per heavy atom. The Kier molecular flexibility index (Phi) is 4.95. The van der Waals surface area contributed by atoms with Crippen LogP contribution in [0.3, 0.4) is 0 Å². The Bertz CT molecular complexity index is 736. The van der Waals surface area contributed by atoms with Crippen molar-refractivity contribution in [2.24, 2.45) is 0 Å². The molecule has 0 fully saturated rings. The number of esters is 1. The summed E-state index contributed by atoms with van der Waals surface area (Å²) in [6.07, 6.45) is -1.25. The van der Waals surface area contributed by atoms with Crippen molar-refractivity contribution < 1.29 is 22.1 Å². The number of hydrogen-bond donors (Lipinski definition) is 0. The van der Waals surface area contributed by atoms with Crippen molar-refractivity contribution in [2.75, 3.05) is 0 Å². The number of carbonyl (C=O) groups excluding carboxylic acids is 1. The molecule has 5 nitrogen and oxygen atoms in total. The summed E-state index contributed by atoms with van der Waals surface area (Å²) in [7, 11) is -4.02. The maximum absolute atomic E-state index is 12.1. The number of hydrogen-bond acceptors (Lipinski definition) is 5. The predicted octanol–water partition coefficient (Wildman–Crippen LogP) is 2.49. The minimum absolute atomic E-state index is 0.00735. The van der Waals surface area contributed by atoms with Crippen molar-refractivity contribution in [1.29, 1.82) is 0 Å². The van der Waals surface area contributed by atoms with E-state index in [2.05, 4.69) is 6.07 Å². The Labute approximate surface area is 129 Å². The van der Waals surface area contributed by atoms with Gasteiger partial charge < -0.3 is 4.74 Å². The quantitative estimate of drug-likeness (QED) is 0.481. The van der Waals surface area contributed by atoms with E-state index >= 15 is 0 Å². The third-order valence-corrected chi connectivity index (χ3v) is 4.21. The van der Waals surface area contributed by atoms with Crippen LogP contribution in [0.4, 0.5) is 0 Å². The third-order valence-electron chi connectivity index (χ3n) is 2.82. The van der Waals surface area contributed by atoms with Crippen molar-refractivity contribution in [3.05, 3.63) is 60.2 Å². The summed E-state index contributed by atoms with van der Waals surface area (Å²) in [4.78, 5) is 11.8. The van der Waals surface area contributed by atoms with Crippen molar-refractivity contribution in [3.8, 4) is 5.75 Å². The van der Waals surface area contributed by atoms with Gasteiger partial charge in [0.15, 0.2) is 6.10 Å². The number of rotatable bonds is 5. The van der Waals surface area contributed by atoms with Crippen molar-refractivity contribution >= 4 is 16.1 Å². The fourth-order valence-corrected chi connectivity index (χ4v) is 2.67. The molecule has 22 heavy (non-hydrogen) atoms. The van der Waals surface area contributed by atoms with Gasteiger partial charge in [0.1, 0.15) is 5.75 Å². The topological polar surface area (TPSA) is 69.7 Å². The van der Waals surface area contributed by atoms with Crippen LogP contribution in [-0.2, 0) is 19.1 Å². The first kappa shape index (κ1) is 16.2. The highest BCUT2D eigenvalue weighted by atomic mass is 32.2. The average molecular weight is 319 g/mol. The third kappa shape index (κ3) is 4.16. The highest BCUT2D eigenvalue weighted by molar-refractivity contribution is 7.86. The average Bonchev–Trinajstić information content (AvgIpc) is 2.48. The van der Waals surface area contributed by atoms with Crippen LogP contribution in [0.15, 0.2) is 53.4 Å². The Balaban J connectivity index is 2.05. The normalized spacial score (nSPS) is 12.6. The van der Waals surface area contributed by atoms with Gasteiger partial charge in [-0.25, -0.2) is 4.79 Å². The zero-order chi connectivity index (χ0) is 16.2. The number of benzene rings is 2. The zero-order valence-corrected chi connectivity index (χ0v) is 13.0. The van der Waals surface area contributed by atoms with E-state index in [1.807, 2.05) is 6.92 Å². The monoisotopic (exact) mass is 319 g/mol. The number of ether oxygens (including phenoxy) is 1. The van der Waals surface area contributed by atoms with Gasteiger partial charge in [-0.1, -0.05) is 29.8 Å². The Morgan fingerprint density at radius 2 is 1.68 bits per heavy atom. The molecule has 0 saturated heterocycles. The summed E-state index contributed by atoms with van der Waals surface area (Å²) in [6.45, 7) is 3.16. The summed E-state index contributed by atoms with van der Waals surface area (Å²) < 4.78 is 34.1. The standard InChI is InChI=1S/C16H15O5S/c1-12-8-10-15(11-9-12)22(18,19)21-13(2)16(17)20-14-6-4-3-5-7-14/h4-11,13H,1-2H3/t13-/m0/s1. The molecule has 0 heterocycles. The van der Waals surface area contributed by atoms with Crippen LogP contribution in [0.1, 0.15) is 12.5 Å². The number of aryl methyl sites for hydroxylation is 1. The summed E-state index contributed by atoms with van der Waals surface area (Å²) in [6, 6.07) is 15.2. The van der Waals surface area contributed by atoms with Crippen LogP contribution in [0.25, 0.3) is 0 Å². The second-order valence-corrected chi connectivity index (χ2v) is 6.23. The molecule has 115 valence electrons. The van der Waals surface area contributed by atoms with E-state index in [4.69, 9.17) is 8.92 Å². The van der Waals surface area contributed by atoms with Crippen LogP contribution in [0, 0.1) is 13.0 Å². The molecule has 2 rings (SSSR count). The minimum Gasteiger partial charge on any atom is -0.425 e. The van der Waals surface area contributed by atoms with Crippen LogP contribution in [0.2, 0.25) is 0 Å². The van der Waals surface area contributed by atoms with Gasteiger partial charge in [-0.15, -0.1) is 0 Å². The summed E-state index contributed by atoms with van der Waals surface area (Å²) >= 11 is 0. The molecule has 0 spiro atoms. The lowest BCUT2D eigenvalue weighted by Crippen LogP contribution is -2.28. The largest absolute Gasteiger partial charge is 0.425 e. The molecule has 1 radical (unpaired) electrons. The Morgan fingerprint density at radius 3 is 2.27 bits per heavy atom. The summed E-state index contributed by atoms with van der Waals surface area (Å²) in [5.41, 5.74) is 0.923. The SMILES string of the molecule is Cc1ccc(S(=O)(=O)O[C@@H](C)C(=O)Oc2cc[c]cc2)cc1. The molecule has 0 aromatic heterocycles. The molecule has 1 atom stereocenters. The van der Waals surface area contributed by atoms with Gasteiger partial charge in [0, 0.05) is 0 Å². The van der Waals surface area contributed by atoms with Crippen molar-refractivity contribution in [3.63, 3.8) is 0 Å². The lowest BCUT2D eigenvalue weighted by molar-refractivity contribution is -0.141. The van der Waals surface area contributed by atoms with E-state index in [1.165, 1.54) is 19.1 Å². The highest BCUT2D eigenvalue weighted by Crippen LogP contribution is 2.16. The van der Waals surface area contributed by atoms with E-state index in [0.29, 0.717) is 5.75 Å². The second kappa shape index (κ2) is 6.72. The molecule has 2 aromatic rings. The highest BCUT2D eigenvalue weighted by Gasteiger charge is 2.25. The Hall–Kier alpha value is -2.18. The zero-order valence-electron chi connectivity index (χ0n) is 12.1. The molecule has 2 aromatic carbocycles. The van der Waals surface area contributed by atoms with Gasteiger partial charge in [-0.05, 0) is 44.2 Å². The second-order valence-electron chi connectivity index (χ2n) is 4.66. The first-order chi connectivity index (χ1) is 10.4. The molecule has 0 saturated carbocycles. The van der Waals surface area contributed by atoms with Crippen LogP contribution >= 0.6 is 0 Å². The summed E-state index contributed by atoms with van der Waals surface area (Å²) in [5, 5.41) is 0. The first-order valence-electron chi connectivity index (χ1n) is 6.56.